The Kier molecular flexibility index (Phi) is 5.99. The number of nitrogens with one attached hydrogen (secondary N) is 1. The normalized spacial score (nSPS) is 11.2. The van der Waals surface area contributed by atoms with Crippen molar-refractivity contribution in [1.29, 1.82) is 0 Å². The molecule has 0 atom stereocenters. The molecular weight excluding hydrogens is 368 g/mol. The van der Waals surface area contributed by atoms with Gasteiger partial charge in [0.1, 0.15) is 11.5 Å². The van der Waals surface area contributed by atoms with Gasteiger partial charge in [0.2, 0.25) is 0 Å². The maximum atomic E-state index is 12.0. The molecule has 0 radical (unpaired) electrons. The van der Waals surface area contributed by atoms with Crippen LogP contribution in [0.25, 0.3) is 0 Å². The van der Waals surface area contributed by atoms with E-state index in [0.29, 0.717) is 11.3 Å². The Hall–Kier alpha value is -4.00. The van der Waals surface area contributed by atoms with Crippen LogP contribution in [0.15, 0.2) is 76.0 Å². The number of azo groups is 1. The molecule has 0 aromatic heterocycles. The molecule has 0 saturated heterocycles. The largest absolute Gasteiger partial charge is 0.507 e. The van der Waals surface area contributed by atoms with E-state index in [1.54, 1.807) is 24.3 Å². The number of hydrogen-bond donors (Lipinski definition) is 3. The van der Waals surface area contributed by atoms with Crippen molar-refractivity contribution in [2.24, 2.45) is 15.3 Å². The number of benzene rings is 3. The summed E-state index contributed by atoms with van der Waals surface area (Å²) in [6.45, 7) is 4.03. The van der Waals surface area contributed by atoms with Crippen molar-refractivity contribution < 1.29 is 15.0 Å². The summed E-state index contributed by atoms with van der Waals surface area (Å²) in [5, 5.41) is 31.9. The van der Waals surface area contributed by atoms with Crippen LogP contribution in [0.3, 0.4) is 0 Å². The second-order valence-electron chi connectivity index (χ2n) is 6.43. The molecule has 0 spiro atoms. The van der Waals surface area contributed by atoms with Gasteiger partial charge >= 0.3 is 0 Å². The van der Waals surface area contributed by atoms with E-state index in [1.165, 1.54) is 30.0 Å². The first-order valence-electron chi connectivity index (χ1n) is 8.87. The number of hydrogen-bond acceptors (Lipinski definition) is 6. The SMILES string of the molecule is Cc1ccc(N=Nc2ccc(O)c(/C=N\NC(=O)c3ccccc3O)c2)cc1C. The van der Waals surface area contributed by atoms with E-state index in [4.69, 9.17) is 0 Å². The van der Waals surface area contributed by atoms with Gasteiger partial charge in [-0.25, -0.2) is 5.43 Å². The molecule has 0 aliphatic rings. The number of phenolic OH excluding ortho intramolecular Hbond substituents is 2. The lowest BCUT2D eigenvalue weighted by Gasteiger charge is -2.03. The summed E-state index contributed by atoms with van der Waals surface area (Å²) >= 11 is 0. The van der Waals surface area contributed by atoms with Crippen molar-refractivity contribution in [3.63, 3.8) is 0 Å². The van der Waals surface area contributed by atoms with E-state index in [1.807, 2.05) is 32.0 Å². The van der Waals surface area contributed by atoms with Gasteiger partial charge in [0, 0.05) is 5.56 Å². The number of hydrazone groups is 1. The fourth-order valence-electron chi connectivity index (χ4n) is 2.50. The van der Waals surface area contributed by atoms with Crippen LogP contribution < -0.4 is 5.43 Å². The molecule has 0 bridgehead atoms. The van der Waals surface area contributed by atoms with Gasteiger partial charge in [-0.05, 0) is 67.4 Å². The molecule has 0 aliphatic heterocycles. The molecule has 29 heavy (non-hydrogen) atoms. The van der Waals surface area contributed by atoms with Crippen molar-refractivity contribution in [2.75, 3.05) is 0 Å². The summed E-state index contributed by atoms with van der Waals surface area (Å²) in [6, 6.07) is 16.6. The minimum Gasteiger partial charge on any atom is -0.507 e. The molecular formula is C22H20N4O3. The van der Waals surface area contributed by atoms with Gasteiger partial charge in [-0.15, -0.1) is 0 Å². The average molecular weight is 388 g/mol. The highest BCUT2D eigenvalue weighted by Gasteiger charge is 2.09. The fraction of sp³-hybridized carbons (Fsp3) is 0.0909. The zero-order valence-electron chi connectivity index (χ0n) is 16.0. The molecule has 0 heterocycles. The Morgan fingerprint density at radius 1 is 0.862 bits per heavy atom. The molecule has 3 aromatic rings. The summed E-state index contributed by atoms with van der Waals surface area (Å²) in [5.74, 6) is -0.725. The van der Waals surface area contributed by atoms with Crippen LogP contribution >= 0.6 is 0 Å². The maximum Gasteiger partial charge on any atom is 0.275 e. The quantitative estimate of drug-likeness (QED) is 0.329. The standard InChI is InChI=1S/C22H20N4O3/c1-14-7-8-17(11-15(14)2)24-25-18-9-10-20(27)16(12-18)13-23-26-22(29)19-5-3-4-6-21(19)28/h3-13,27-28H,1-2H3,(H,26,29)/b23-13-,25-24?. The zero-order chi connectivity index (χ0) is 20.8. The van der Waals surface area contributed by atoms with E-state index in [9.17, 15) is 15.0 Å². The van der Waals surface area contributed by atoms with Gasteiger partial charge in [-0.2, -0.15) is 15.3 Å². The van der Waals surface area contributed by atoms with Gasteiger partial charge in [0.05, 0.1) is 23.2 Å². The monoisotopic (exact) mass is 388 g/mol. The van der Waals surface area contributed by atoms with Gasteiger partial charge in [-0.3, -0.25) is 4.79 Å². The van der Waals surface area contributed by atoms with Gasteiger partial charge in [0.25, 0.3) is 5.91 Å². The number of phenols is 2. The molecule has 3 aromatic carbocycles. The number of aryl methyl sites for hydroxylation is 2. The first-order valence-corrected chi connectivity index (χ1v) is 8.87. The lowest BCUT2D eigenvalue weighted by atomic mass is 10.1. The minimum atomic E-state index is -0.565. The number of carbonyl (C=O) groups is 1. The summed E-state index contributed by atoms with van der Waals surface area (Å²) in [5.41, 5.74) is 6.33. The van der Waals surface area contributed by atoms with Crippen LogP contribution in [0.1, 0.15) is 27.0 Å². The Morgan fingerprint density at radius 2 is 1.55 bits per heavy atom. The summed E-state index contributed by atoms with van der Waals surface area (Å²) in [4.78, 5) is 12.0. The molecule has 7 heteroatoms. The lowest BCUT2D eigenvalue weighted by molar-refractivity contribution is 0.0952. The molecule has 1 amide bonds. The third-order valence-electron chi connectivity index (χ3n) is 4.30. The fourth-order valence-corrected chi connectivity index (χ4v) is 2.50. The van der Waals surface area contributed by atoms with Crippen molar-refractivity contribution in [3.8, 4) is 11.5 Å². The lowest BCUT2D eigenvalue weighted by Crippen LogP contribution is -2.17. The topological polar surface area (TPSA) is 107 Å². The van der Waals surface area contributed by atoms with E-state index in [0.717, 1.165) is 11.3 Å². The molecule has 0 aliphatic carbocycles. The van der Waals surface area contributed by atoms with Crippen molar-refractivity contribution in [2.45, 2.75) is 13.8 Å². The second kappa shape index (κ2) is 8.79. The minimum absolute atomic E-state index is 0.0179. The van der Waals surface area contributed by atoms with Crippen LogP contribution in [-0.2, 0) is 0 Å². The summed E-state index contributed by atoms with van der Waals surface area (Å²) < 4.78 is 0. The predicted molar refractivity (Wildman–Crippen MR) is 111 cm³/mol. The van der Waals surface area contributed by atoms with Crippen molar-refractivity contribution in [1.82, 2.24) is 5.43 Å². The van der Waals surface area contributed by atoms with E-state index in [2.05, 4.69) is 20.8 Å². The van der Waals surface area contributed by atoms with Gasteiger partial charge < -0.3 is 10.2 Å². The predicted octanol–water partition coefficient (Wildman–Crippen LogP) is 4.89. The molecule has 3 N–H and O–H groups in total. The number of aromatic hydroxyl groups is 2. The highest BCUT2D eigenvalue weighted by Crippen LogP contribution is 2.25. The number of amides is 1. The van der Waals surface area contributed by atoms with Crippen molar-refractivity contribution >= 4 is 23.5 Å². The molecule has 0 unspecified atom stereocenters. The molecule has 146 valence electrons. The first-order chi connectivity index (χ1) is 13.9. The van der Waals surface area contributed by atoms with Crippen LogP contribution in [0.2, 0.25) is 0 Å². The average Bonchev–Trinajstić information content (AvgIpc) is 2.71. The van der Waals surface area contributed by atoms with Crippen LogP contribution in [0.5, 0.6) is 11.5 Å². The van der Waals surface area contributed by atoms with E-state index >= 15 is 0 Å². The van der Waals surface area contributed by atoms with E-state index < -0.39 is 5.91 Å². The smallest absolute Gasteiger partial charge is 0.275 e. The second-order valence-corrected chi connectivity index (χ2v) is 6.43. The molecule has 7 nitrogen and oxygen atoms in total. The van der Waals surface area contributed by atoms with Crippen LogP contribution in [-0.4, -0.2) is 22.3 Å². The van der Waals surface area contributed by atoms with Gasteiger partial charge in [0.15, 0.2) is 0 Å². The zero-order valence-corrected chi connectivity index (χ0v) is 16.0. The number of carbonyl (C=O) groups excluding carboxylic acids is 1. The Bertz CT molecular complexity index is 1110. The van der Waals surface area contributed by atoms with Crippen LogP contribution in [0, 0.1) is 13.8 Å². The highest BCUT2D eigenvalue weighted by molar-refractivity contribution is 5.97. The molecule has 0 saturated carbocycles. The van der Waals surface area contributed by atoms with Crippen LogP contribution in [0.4, 0.5) is 11.4 Å². The van der Waals surface area contributed by atoms with E-state index in [-0.39, 0.29) is 17.1 Å². The van der Waals surface area contributed by atoms with Crippen molar-refractivity contribution in [3.05, 3.63) is 82.9 Å². The number of rotatable bonds is 5. The summed E-state index contributed by atoms with van der Waals surface area (Å²) in [6.07, 6.45) is 1.29. The van der Waals surface area contributed by atoms with Gasteiger partial charge in [-0.1, -0.05) is 18.2 Å². The Balaban J connectivity index is 1.72. The molecule has 0 fully saturated rings. The number of nitrogens with zero attached hydrogens (tertiary/aromatic N) is 3. The number of para-hydroxylation sites is 1. The Labute approximate surface area is 168 Å². The Morgan fingerprint density at radius 3 is 2.28 bits per heavy atom. The third-order valence-corrected chi connectivity index (χ3v) is 4.30. The third kappa shape index (κ3) is 5.04. The molecule has 3 rings (SSSR count). The summed E-state index contributed by atoms with van der Waals surface area (Å²) in [7, 11) is 0. The maximum absolute atomic E-state index is 12.0. The highest BCUT2D eigenvalue weighted by atomic mass is 16.3. The first kappa shape index (κ1) is 19.8.